The minimum atomic E-state index is -4.30. The molecule has 1 aromatic carbocycles. The van der Waals surface area contributed by atoms with Gasteiger partial charge < -0.3 is 0 Å². The molecule has 9 heteroatoms. The van der Waals surface area contributed by atoms with E-state index in [-0.39, 0.29) is 15.5 Å². The molecule has 3 amide bonds. The van der Waals surface area contributed by atoms with Crippen molar-refractivity contribution in [1.82, 2.24) is 9.21 Å². The number of halogens is 1. The average molecular weight is 343 g/mol. The average Bonchev–Trinajstić information content (AvgIpc) is 2.75. The van der Waals surface area contributed by atoms with Crippen molar-refractivity contribution < 1.29 is 22.8 Å². The molecule has 116 valence electrons. The fourth-order valence-electron chi connectivity index (χ4n) is 3.11. The Morgan fingerprint density at radius 1 is 1.32 bits per heavy atom. The van der Waals surface area contributed by atoms with Gasteiger partial charge in [0.15, 0.2) is 5.54 Å². The Bertz CT molecular complexity index is 850. The second-order valence-corrected chi connectivity index (χ2v) is 7.33. The number of hydrogen-bond acceptors (Lipinski definition) is 5. The van der Waals surface area contributed by atoms with Gasteiger partial charge in [-0.05, 0) is 6.07 Å². The van der Waals surface area contributed by atoms with Crippen molar-refractivity contribution in [2.75, 3.05) is 7.05 Å². The van der Waals surface area contributed by atoms with Crippen molar-refractivity contribution in [2.45, 2.75) is 23.8 Å². The zero-order valence-electron chi connectivity index (χ0n) is 11.7. The summed E-state index contributed by atoms with van der Waals surface area (Å²) in [5.74, 6) is -2.15. The lowest BCUT2D eigenvalue weighted by Crippen LogP contribution is -2.51. The Balaban J connectivity index is 2.45. The largest absolute Gasteiger partial charge is 0.283 e. The number of fused-ring (bicyclic) bond motifs is 2. The zero-order chi connectivity index (χ0) is 16.4. The van der Waals surface area contributed by atoms with Gasteiger partial charge in [-0.2, -0.15) is 0 Å². The van der Waals surface area contributed by atoms with Gasteiger partial charge in [0.25, 0.3) is 15.9 Å². The minimum Gasteiger partial charge on any atom is -0.283 e. The van der Waals surface area contributed by atoms with Crippen LogP contribution in [0.4, 0.5) is 0 Å². The van der Waals surface area contributed by atoms with E-state index < -0.39 is 39.7 Å². The van der Waals surface area contributed by atoms with Crippen molar-refractivity contribution in [2.24, 2.45) is 0 Å². The fourth-order valence-corrected chi connectivity index (χ4v) is 5.58. The van der Waals surface area contributed by atoms with Crippen molar-refractivity contribution in [3.05, 3.63) is 28.8 Å². The number of benzene rings is 1. The first-order chi connectivity index (χ1) is 10.2. The molecule has 2 aliphatic rings. The number of hydrogen-bond donors (Lipinski definition) is 0. The normalized spacial score (nSPS) is 26.0. The summed E-state index contributed by atoms with van der Waals surface area (Å²) in [6.45, 7) is 1.04. The molecule has 1 fully saturated rings. The van der Waals surface area contributed by atoms with Gasteiger partial charge >= 0.3 is 0 Å². The third kappa shape index (κ3) is 1.51. The molecule has 0 radical (unpaired) electrons. The summed E-state index contributed by atoms with van der Waals surface area (Å²) in [5, 5.41) is -0.0876. The lowest BCUT2D eigenvalue weighted by molar-refractivity contribution is -0.143. The Labute approximate surface area is 131 Å². The first kappa shape index (κ1) is 15.0. The van der Waals surface area contributed by atoms with Crippen LogP contribution in [0.1, 0.15) is 18.9 Å². The molecule has 0 saturated carbocycles. The highest BCUT2D eigenvalue weighted by molar-refractivity contribution is 7.90. The van der Waals surface area contributed by atoms with E-state index in [2.05, 4.69) is 0 Å². The van der Waals surface area contributed by atoms with Crippen LogP contribution in [0.5, 0.6) is 0 Å². The van der Waals surface area contributed by atoms with Crippen LogP contribution in [0.25, 0.3) is 0 Å². The van der Waals surface area contributed by atoms with Gasteiger partial charge in [0.1, 0.15) is 4.90 Å². The minimum absolute atomic E-state index is 0.0675. The van der Waals surface area contributed by atoms with Gasteiger partial charge in [0.05, 0.1) is 11.4 Å². The molecule has 0 aliphatic carbocycles. The van der Waals surface area contributed by atoms with Gasteiger partial charge in [-0.3, -0.25) is 19.3 Å². The number of carbonyl (C=O) groups is 3. The quantitative estimate of drug-likeness (QED) is 0.639. The van der Waals surface area contributed by atoms with Crippen molar-refractivity contribution in [3.8, 4) is 0 Å². The SMILES string of the molecule is CC(=O)N1[C@@]2(CC(=O)N(C)C2=O)c2cccc(Cl)c2S1(=O)=O. The predicted molar refractivity (Wildman–Crippen MR) is 75.2 cm³/mol. The Hall–Kier alpha value is -1.93. The summed E-state index contributed by atoms with van der Waals surface area (Å²) in [6.07, 6.45) is -0.422. The summed E-state index contributed by atoms with van der Waals surface area (Å²) in [7, 11) is -3.04. The van der Waals surface area contributed by atoms with Crippen LogP contribution in [0.3, 0.4) is 0 Å². The molecule has 3 rings (SSSR count). The molecule has 7 nitrogen and oxygen atoms in total. The number of sulfonamides is 1. The third-order valence-corrected chi connectivity index (χ3v) is 6.42. The Morgan fingerprint density at radius 2 is 1.95 bits per heavy atom. The van der Waals surface area contributed by atoms with E-state index >= 15 is 0 Å². The Kier molecular flexibility index (Phi) is 2.93. The van der Waals surface area contributed by atoms with E-state index in [1.54, 1.807) is 0 Å². The number of nitrogens with zero attached hydrogens (tertiary/aromatic N) is 2. The maximum absolute atomic E-state index is 12.7. The standard InChI is InChI=1S/C13H11ClN2O5S/c1-7(17)16-13(6-10(18)15(2)12(13)19)8-4-3-5-9(14)11(8)22(16,20)21/h3-5H,6H2,1-2H3/t13-/m0/s1. The van der Waals surface area contributed by atoms with Crippen molar-refractivity contribution in [3.63, 3.8) is 0 Å². The van der Waals surface area contributed by atoms with Gasteiger partial charge in [0.2, 0.25) is 11.8 Å². The number of likely N-dealkylation sites (tertiary alicyclic amines) is 1. The van der Waals surface area contributed by atoms with Crippen LogP contribution in [0.2, 0.25) is 5.02 Å². The zero-order valence-corrected chi connectivity index (χ0v) is 13.2. The molecule has 0 unspecified atom stereocenters. The monoisotopic (exact) mass is 342 g/mol. The lowest BCUT2D eigenvalue weighted by Gasteiger charge is -2.30. The van der Waals surface area contributed by atoms with E-state index in [4.69, 9.17) is 11.6 Å². The first-order valence-corrected chi connectivity index (χ1v) is 8.13. The summed E-state index contributed by atoms with van der Waals surface area (Å²) >= 11 is 5.98. The van der Waals surface area contributed by atoms with Crippen LogP contribution in [0, 0.1) is 0 Å². The van der Waals surface area contributed by atoms with Crippen LogP contribution in [-0.4, -0.2) is 42.4 Å². The molecular weight excluding hydrogens is 332 g/mol. The second kappa shape index (κ2) is 4.30. The number of amides is 3. The number of rotatable bonds is 0. The van der Waals surface area contributed by atoms with Crippen LogP contribution in [0.15, 0.2) is 23.1 Å². The first-order valence-electron chi connectivity index (χ1n) is 6.31. The molecule has 2 aliphatic heterocycles. The van der Waals surface area contributed by atoms with Crippen molar-refractivity contribution in [1.29, 1.82) is 0 Å². The molecule has 0 N–H and O–H groups in total. The third-order valence-electron chi connectivity index (χ3n) is 3.98. The number of imide groups is 1. The molecule has 1 spiro atoms. The van der Waals surface area contributed by atoms with E-state index in [1.165, 1.54) is 25.2 Å². The second-order valence-electron chi connectivity index (χ2n) is 5.20. The van der Waals surface area contributed by atoms with E-state index in [9.17, 15) is 22.8 Å². The summed E-state index contributed by atoms with van der Waals surface area (Å²) in [5.41, 5.74) is -1.80. The van der Waals surface area contributed by atoms with Gasteiger partial charge in [-0.15, -0.1) is 0 Å². The molecule has 0 aromatic heterocycles. The highest BCUT2D eigenvalue weighted by atomic mass is 35.5. The maximum atomic E-state index is 12.7. The summed E-state index contributed by atoms with van der Waals surface area (Å²) in [4.78, 5) is 37.1. The van der Waals surface area contributed by atoms with Gasteiger partial charge in [0, 0.05) is 19.5 Å². The summed E-state index contributed by atoms with van der Waals surface area (Å²) < 4.78 is 25.9. The molecule has 1 atom stereocenters. The van der Waals surface area contributed by atoms with Crippen LogP contribution in [-0.2, 0) is 29.9 Å². The summed E-state index contributed by atoms with van der Waals surface area (Å²) in [6, 6.07) is 4.25. The van der Waals surface area contributed by atoms with E-state index in [0.717, 1.165) is 11.8 Å². The highest BCUT2D eigenvalue weighted by Gasteiger charge is 2.66. The predicted octanol–water partition coefficient (Wildman–Crippen LogP) is 0.475. The van der Waals surface area contributed by atoms with Gasteiger partial charge in [-0.1, -0.05) is 23.7 Å². The van der Waals surface area contributed by atoms with Crippen LogP contribution >= 0.6 is 11.6 Å². The molecule has 1 saturated heterocycles. The van der Waals surface area contributed by atoms with E-state index in [1.807, 2.05) is 0 Å². The topological polar surface area (TPSA) is 91.8 Å². The maximum Gasteiger partial charge on any atom is 0.269 e. The lowest BCUT2D eigenvalue weighted by atomic mass is 9.88. The van der Waals surface area contributed by atoms with Crippen LogP contribution < -0.4 is 0 Å². The molecule has 0 bridgehead atoms. The van der Waals surface area contributed by atoms with Crippen molar-refractivity contribution >= 4 is 39.3 Å². The molecule has 22 heavy (non-hydrogen) atoms. The van der Waals surface area contributed by atoms with Gasteiger partial charge in [-0.25, -0.2) is 12.7 Å². The molecule has 1 aromatic rings. The smallest absolute Gasteiger partial charge is 0.269 e. The number of carbonyl (C=O) groups excluding carboxylic acids is 3. The Morgan fingerprint density at radius 3 is 2.45 bits per heavy atom. The highest BCUT2D eigenvalue weighted by Crippen LogP contribution is 2.52. The van der Waals surface area contributed by atoms with E-state index in [0.29, 0.717) is 4.31 Å². The fraction of sp³-hybridized carbons (Fsp3) is 0.308. The molecule has 2 heterocycles. The number of likely N-dealkylation sites (N-methyl/N-ethyl adjacent to an activating group) is 1. The molecular formula is C13H11ClN2O5S.